The second-order valence-electron chi connectivity index (χ2n) is 5.88. The maximum atomic E-state index is 12.5. The Labute approximate surface area is 112 Å². The number of carbonyl (C=O) groups excluding carboxylic acids is 1. The summed E-state index contributed by atoms with van der Waals surface area (Å²) in [5, 5.41) is 12.3. The number of fused-ring (bicyclic) bond motifs is 2. The zero-order valence-electron chi connectivity index (χ0n) is 11.0. The molecule has 3 rings (SSSR count). The Morgan fingerprint density at radius 3 is 2.42 bits per heavy atom. The number of carboxylic acid groups (broad SMARTS) is 1. The number of aliphatic carboxylic acids is 1. The number of hydrogen-bond acceptors (Lipinski definition) is 4. The van der Waals surface area contributed by atoms with E-state index in [1.807, 2.05) is 9.80 Å². The predicted octanol–water partition coefficient (Wildman–Crippen LogP) is -0.644. The Morgan fingerprint density at radius 2 is 1.89 bits per heavy atom. The standard InChI is InChI=1S/C13H21N3O3/c17-12(18)8-15-3-5-16(6-4-15)13(19)10-7-9-1-2-11(10)14-9/h9-11,14H,1-8H2,(H,17,18). The summed E-state index contributed by atoms with van der Waals surface area (Å²) in [4.78, 5) is 26.9. The van der Waals surface area contributed by atoms with Crippen LogP contribution in [-0.2, 0) is 9.59 Å². The first-order chi connectivity index (χ1) is 9.13. The van der Waals surface area contributed by atoms with Crippen LogP contribution in [0.25, 0.3) is 0 Å². The number of carboxylic acids is 1. The van der Waals surface area contributed by atoms with Crippen molar-refractivity contribution in [3.05, 3.63) is 0 Å². The normalized spacial score (nSPS) is 34.7. The van der Waals surface area contributed by atoms with E-state index in [2.05, 4.69) is 5.32 Å². The molecule has 3 aliphatic heterocycles. The van der Waals surface area contributed by atoms with E-state index in [1.165, 1.54) is 6.42 Å². The number of nitrogens with zero attached hydrogens (tertiary/aromatic N) is 2. The van der Waals surface area contributed by atoms with Gasteiger partial charge in [0.25, 0.3) is 0 Å². The number of amides is 1. The molecule has 3 unspecified atom stereocenters. The van der Waals surface area contributed by atoms with E-state index < -0.39 is 5.97 Å². The molecule has 0 aromatic carbocycles. The number of nitrogens with one attached hydrogen (secondary N) is 1. The number of hydrogen-bond donors (Lipinski definition) is 2. The topological polar surface area (TPSA) is 72.9 Å². The molecule has 19 heavy (non-hydrogen) atoms. The third-order valence-corrected chi connectivity index (χ3v) is 4.66. The largest absolute Gasteiger partial charge is 0.480 e. The summed E-state index contributed by atoms with van der Waals surface area (Å²) in [6, 6.07) is 0.932. The third-order valence-electron chi connectivity index (χ3n) is 4.66. The van der Waals surface area contributed by atoms with Gasteiger partial charge in [-0.25, -0.2) is 0 Å². The second-order valence-corrected chi connectivity index (χ2v) is 5.88. The lowest BCUT2D eigenvalue weighted by Crippen LogP contribution is -2.52. The van der Waals surface area contributed by atoms with Crippen LogP contribution in [0, 0.1) is 5.92 Å². The molecule has 0 aromatic heterocycles. The molecular formula is C13H21N3O3. The minimum absolute atomic E-state index is 0.0811. The highest BCUT2D eigenvalue weighted by molar-refractivity contribution is 5.80. The number of piperazine rings is 1. The zero-order valence-corrected chi connectivity index (χ0v) is 11.0. The predicted molar refractivity (Wildman–Crippen MR) is 68.7 cm³/mol. The Bertz CT molecular complexity index is 379. The Hall–Kier alpha value is -1.14. The molecule has 1 amide bonds. The average Bonchev–Trinajstić information content (AvgIpc) is 3.00. The second kappa shape index (κ2) is 5.09. The molecule has 2 N–H and O–H groups in total. The van der Waals surface area contributed by atoms with Crippen LogP contribution in [0.2, 0.25) is 0 Å². The first kappa shape index (κ1) is 12.9. The van der Waals surface area contributed by atoms with Gasteiger partial charge in [-0.1, -0.05) is 0 Å². The first-order valence-electron chi connectivity index (χ1n) is 7.12. The highest BCUT2D eigenvalue weighted by atomic mass is 16.4. The van der Waals surface area contributed by atoms with Crippen LogP contribution in [0.1, 0.15) is 19.3 Å². The fourth-order valence-corrected chi connectivity index (χ4v) is 3.65. The number of carbonyl (C=O) groups is 2. The van der Waals surface area contributed by atoms with Gasteiger partial charge >= 0.3 is 5.97 Å². The molecule has 3 aliphatic rings. The van der Waals surface area contributed by atoms with Crippen LogP contribution >= 0.6 is 0 Å². The van der Waals surface area contributed by atoms with Gasteiger partial charge in [0.05, 0.1) is 12.5 Å². The van der Waals surface area contributed by atoms with Gasteiger partial charge in [0.1, 0.15) is 0 Å². The van der Waals surface area contributed by atoms with Gasteiger partial charge in [-0.2, -0.15) is 0 Å². The highest BCUT2D eigenvalue weighted by Gasteiger charge is 2.44. The van der Waals surface area contributed by atoms with Crippen molar-refractivity contribution in [2.75, 3.05) is 32.7 Å². The van der Waals surface area contributed by atoms with E-state index in [0.717, 1.165) is 12.8 Å². The summed E-state index contributed by atoms with van der Waals surface area (Å²) < 4.78 is 0. The molecule has 106 valence electrons. The number of rotatable bonds is 3. The van der Waals surface area contributed by atoms with Crippen molar-refractivity contribution >= 4 is 11.9 Å². The van der Waals surface area contributed by atoms with Crippen molar-refractivity contribution in [3.63, 3.8) is 0 Å². The van der Waals surface area contributed by atoms with Gasteiger partial charge in [-0.05, 0) is 19.3 Å². The third kappa shape index (κ3) is 2.60. The molecule has 0 saturated carbocycles. The van der Waals surface area contributed by atoms with Crippen molar-refractivity contribution in [2.24, 2.45) is 5.92 Å². The molecule has 3 fully saturated rings. The minimum Gasteiger partial charge on any atom is -0.480 e. The van der Waals surface area contributed by atoms with Gasteiger partial charge < -0.3 is 15.3 Å². The minimum atomic E-state index is -0.794. The fraction of sp³-hybridized carbons (Fsp3) is 0.846. The van der Waals surface area contributed by atoms with Crippen molar-refractivity contribution in [1.29, 1.82) is 0 Å². The van der Waals surface area contributed by atoms with E-state index in [9.17, 15) is 9.59 Å². The van der Waals surface area contributed by atoms with Gasteiger partial charge in [0.2, 0.25) is 5.91 Å². The molecule has 0 spiro atoms. The van der Waals surface area contributed by atoms with E-state index in [0.29, 0.717) is 38.3 Å². The van der Waals surface area contributed by atoms with Gasteiger partial charge in [-0.3, -0.25) is 14.5 Å². The van der Waals surface area contributed by atoms with E-state index in [4.69, 9.17) is 5.11 Å². The first-order valence-corrected chi connectivity index (χ1v) is 7.12. The van der Waals surface area contributed by atoms with Crippen LogP contribution in [0.4, 0.5) is 0 Å². The molecule has 3 atom stereocenters. The maximum Gasteiger partial charge on any atom is 0.317 e. The molecule has 6 heteroatoms. The lowest BCUT2D eigenvalue weighted by atomic mass is 9.88. The van der Waals surface area contributed by atoms with Crippen molar-refractivity contribution in [3.8, 4) is 0 Å². The average molecular weight is 267 g/mol. The molecule has 3 saturated heterocycles. The smallest absolute Gasteiger partial charge is 0.317 e. The van der Waals surface area contributed by atoms with Crippen LogP contribution < -0.4 is 5.32 Å². The summed E-state index contributed by atoms with van der Waals surface area (Å²) in [5.41, 5.74) is 0. The summed E-state index contributed by atoms with van der Waals surface area (Å²) in [6.45, 7) is 2.76. The van der Waals surface area contributed by atoms with Gasteiger partial charge in [-0.15, -0.1) is 0 Å². The zero-order chi connectivity index (χ0) is 13.4. The van der Waals surface area contributed by atoms with Gasteiger partial charge in [0.15, 0.2) is 0 Å². The van der Waals surface area contributed by atoms with Crippen LogP contribution in [-0.4, -0.2) is 71.6 Å². The Kier molecular flexibility index (Phi) is 3.45. The molecule has 3 heterocycles. The lowest BCUT2D eigenvalue weighted by molar-refractivity contribution is -0.140. The molecule has 6 nitrogen and oxygen atoms in total. The fourth-order valence-electron chi connectivity index (χ4n) is 3.65. The summed E-state index contributed by atoms with van der Waals surface area (Å²) in [6.07, 6.45) is 3.32. The summed E-state index contributed by atoms with van der Waals surface area (Å²) in [5.74, 6) is -0.364. The quantitative estimate of drug-likeness (QED) is 0.711. The molecule has 0 radical (unpaired) electrons. The molecule has 0 aliphatic carbocycles. The van der Waals surface area contributed by atoms with Crippen molar-refractivity contribution in [2.45, 2.75) is 31.3 Å². The van der Waals surface area contributed by atoms with E-state index >= 15 is 0 Å². The molecule has 2 bridgehead atoms. The SMILES string of the molecule is O=C(O)CN1CCN(C(=O)C2CC3CCC2N3)CC1. The molecular weight excluding hydrogens is 246 g/mol. The Balaban J connectivity index is 1.51. The molecule has 0 aromatic rings. The van der Waals surface area contributed by atoms with Crippen molar-refractivity contribution < 1.29 is 14.7 Å². The summed E-state index contributed by atoms with van der Waals surface area (Å²) >= 11 is 0. The van der Waals surface area contributed by atoms with Crippen LogP contribution in [0.15, 0.2) is 0 Å². The highest BCUT2D eigenvalue weighted by Crippen LogP contribution is 2.34. The Morgan fingerprint density at radius 1 is 1.16 bits per heavy atom. The maximum absolute atomic E-state index is 12.5. The van der Waals surface area contributed by atoms with Crippen LogP contribution in [0.3, 0.4) is 0 Å². The van der Waals surface area contributed by atoms with Gasteiger partial charge in [0, 0.05) is 38.3 Å². The van der Waals surface area contributed by atoms with Crippen LogP contribution in [0.5, 0.6) is 0 Å². The monoisotopic (exact) mass is 267 g/mol. The van der Waals surface area contributed by atoms with E-state index in [-0.39, 0.29) is 18.4 Å². The van der Waals surface area contributed by atoms with Crippen molar-refractivity contribution in [1.82, 2.24) is 15.1 Å². The lowest BCUT2D eigenvalue weighted by Gasteiger charge is -2.36. The van der Waals surface area contributed by atoms with E-state index in [1.54, 1.807) is 0 Å². The summed E-state index contributed by atoms with van der Waals surface area (Å²) in [7, 11) is 0.